The summed E-state index contributed by atoms with van der Waals surface area (Å²) in [6, 6.07) is 9.92. The Morgan fingerprint density at radius 2 is 2.08 bits per heavy atom. The monoisotopic (exact) mass is 379 g/mol. The first-order valence-electron chi connectivity index (χ1n) is 8.39. The normalized spacial score (nSPS) is 24.6. The second-order valence-electron chi connectivity index (χ2n) is 6.87. The highest BCUT2D eigenvalue weighted by Gasteiger charge is 2.43. The van der Waals surface area contributed by atoms with Crippen LogP contribution in [0.4, 0.5) is 10.6 Å². The minimum absolute atomic E-state index is 0. The second-order valence-corrected chi connectivity index (χ2v) is 7.72. The molecular weight excluding hydrogens is 358 g/mol. The van der Waals surface area contributed by atoms with Gasteiger partial charge in [0.2, 0.25) is 0 Å². The zero-order valence-corrected chi connectivity index (χ0v) is 15.6. The Bertz CT molecular complexity index is 735. The zero-order chi connectivity index (χ0) is 16.6. The van der Waals surface area contributed by atoms with E-state index in [0.29, 0.717) is 12.4 Å². The fraction of sp³-hybridized carbons (Fsp3) is 0.444. The maximum absolute atomic E-state index is 12.0. The third-order valence-corrected chi connectivity index (χ3v) is 6.13. The number of fused-ring (bicyclic) bond motifs is 2. The molecule has 1 aromatic heterocycles. The fourth-order valence-electron chi connectivity index (χ4n) is 4.10. The van der Waals surface area contributed by atoms with Gasteiger partial charge in [-0.1, -0.05) is 30.3 Å². The summed E-state index contributed by atoms with van der Waals surface area (Å²) in [5.74, 6) is 0.581. The lowest BCUT2D eigenvalue weighted by Gasteiger charge is -2.37. The van der Waals surface area contributed by atoms with E-state index in [1.165, 1.54) is 16.2 Å². The molecule has 2 aliphatic rings. The molecule has 2 bridgehead atoms. The summed E-state index contributed by atoms with van der Waals surface area (Å²) < 4.78 is 0. The second kappa shape index (κ2) is 7.32. The van der Waals surface area contributed by atoms with Crippen LogP contribution < -0.4 is 4.90 Å². The third-order valence-electron chi connectivity index (χ3n) is 5.26. The Morgan fingerprint density at radius 1 is 1.28 bits per heavy atom. The van der Waals surface area contributed by atoms with Gasteiger partial charge in [0.05, 0.1) is 10.4 Å². The van der Waals surface area contributed by atoms with Gasteiger partial charge in [0.15, 0.2) is 5.82 Å². The number of piperidine rings is 1. The first-order valence-corrected chi connectivity index (χ1v) is 9.27. The van der Waals surface area contributed by atoms with Crippen molar-refractivity contribution in [2.45, 2.75) is 19.3 Å². The molecule has 0 spiro atoms. The molecule has 25 heavy (non-hydrogen) atoms. The van der Waals surface area contributed by atoms with Gasteiger partial charge in [-0.05, 0) is 37.9 Å². The summed E-state index contributed by atoms with van der Waals surface area (Å²) in [4.78, 5) is 21.3. The number of amides is 1. The van der Waals surface area contributed by atoms with Gasteiger partial charge in [-0.3, -0.25) is 4.90 Å². The highest BCUT2D eigenvalue weighted by Crippen LogP contribution is 2.42. The Hall–Kier alpha value is -1.63. The number of carbonyl (C=O) groups is 1. The molecule has 2 fully saturated rings. The standard InChI is InChI=1S/C18H21N3O2S.ClH/c22-17(23)21(12-18-7-4-9-20(11-18)10-8-18)16-15(24-13-19-16)14-5-2-1-3-6-14;/h1-3,5-6,13H,4,7-12H2,(H,22,23);1H. The predicted molar refractivity (Wildman–Crippen MR) is 103 cm³/mol. The van der Waals surface area contributed by atoms with Crippen LogP contribution in [0.2, 0.25) is 0 Å². The van der Waals surface area contributed by atoms with Crippen molar-refractivity contribution in [3.05, 3.63) is 35.8 Å². The number of nitrogens with zero attached hydrogens (tertiary/aromatic N) is 3. The van der Waals surface area contributed by atoms with E-state index in [0.717, 1.165) is 49.3 Å². The molecule has 134 valence electrons. The van der Waals surface area contributed by atoms with Gasteiger partial charge >= 0.3 is 6.09 Å². The number of aromatic nitrogens is 1. The van der Waals surface area contributed by atoms with Crippen LogP contribution in [0, 0.1) is 5.41 Å². The van der Waals surface area contributed by atoms with Crippen LogP contribution in [0.5, 0.6) is 0 Å². The Kier molecular flexibility index (Phi) is 5.32. The lowest BCUT2D eigenvalue weighted by molar-refractivity contribution is 0.172. The van der Waals surface area contributed by atoms with Crippen molar-refractivity contribution in [3.63, 3.8) is 0 Å². The molecule has 2 aromatic rings. The van der Waals surface area contributed by atoms with Crippen LogP contribution in [0.25, 0.3) is 10.4 Å². The van der Waals surface area contributed by atoms with Gasteiger partial charge in [-0.25, -0.2) is 9.78 Å². The summed E-state index contributed by atoms with van der Waals surface area (Å²) >= 11 is 1.50. The minimum Gasteiger partial charge on any atom is -0.465 e. The lowest BCUT2D eigenvalue weighted by atomic mass is 9.80. The average Bonchev–Trinajstić information content (AvgIpc) is 3.18. The topological polar surface area (TPSA) is 56.7 Å². The van der Waals surface area contributed by atoms with Gasteiger partial charge in [0, 0.05) is 18.5 Å². The van der Waals surface area contributed by atoms with Crippen molar-refractivity contribution in [2.24, 2.45) is 5.41 Å². The van der Waals surface area contributed by atoms with E-state index >= 15 is 0 Å². The van der Waals surface area contributed by atoms with E-state index in [1.54, 1.807) is 5.51 Å². The van der Waals surface area contributed by atoms with Crippen LogP contribution in [-0.2, 0) is 0 Å². The van der Waals surface area contributed by atoms with Crippen LogP contribution in [0.1, 0.15) is 19.3 Å². The number of benzene rings is 1. The Morgan fingerprint density at radius 3 is 2.84 bits per heavy atom. The van der Waals surface area contributed by atoms with Crippen molar-refractivity contribution in [2.75, 3.05) is 31.1 Å². The molecule has 1 aromatic carbocycles. The van der Waals surface area contributed by atoms with E-state index in [-0.39, 0.29) is 17.8 Å². The summed E-state index contributed by atoms with van der Waals surface area (Å²) in [5, 5.41) is 9.85. The van der Waals surface area contributed by atoms with Crippen molar-refractivity contribution in [3.8, 4) is 10.4 Å². The van der Waals surface area contributed by atoms with Gasteiger partial charge in [-0.15, -0.1) is 23.7 Å². The first kappa shape index (κ1) is 18.2. The number of hydrogen-bond donors (Lipinski definition) is 1. The van der Waals surface area contributed by atoms with Crippen molar-refractivity contribution < 1.29 is 9.90 Å². The molecule has 2 unspecified atom stereocenters. The molecule has 0 aliphatic carbocycles. The maximum atomic E-state index is 12.0. The van der Waals surface area contributed by atoms with Gasteiger partial charge in [-0.2, -0.15) is 0 Å². The number of anilines is 1. The third kappa shape index (κ3) is 3.52. The molecule has 1 N–H and O–H groups in total. The quantitative estimate of drug-likeness (QED) is 0.864. The summed E-state index contributed by atoms with van der Waals surface area (Å²) in [6.45, 7) is 3.81. The SMILES string of the molecule is Cl.O=C(O)N(CC12CCCN(CC1)C2)c1ncsc1-c1ccccc1. The van der Waals surface area contributed by atoms with Crippen LogP contribution >= 0.6 is 23.7 Å². The van der Waals surface area contributed by atoms with Gasteiger partial charge in [0.1, 0.15) is 0 Å². The molecule has 5 nitrogen and oxygen atoms in total. The molecule has 3 heterocycles. The van der Waals surface area contributed by atoms with Crippen LogP contribution in [0.3, 0.4) is 0 Å². The highest BCUT2D eigenvalue weighted by atomic mass is 35.5. The molecule has 2 aliphatic heterocycles. The van der Waals surface area contributed by atoms with E-state index < -0.39 is 6.09 Å². The minimum atomic E-state index is -0.906. The number of carboxylic acid groups (broad SMARTS) is 1. The number of thiazole rings is 1. The average molecular weight is 380 g/mol. The zero-order valence-electron chi connectivity index (χ0n) is 13.9. The van der Waals surface area contributed by atoms with E-state index in [1.807, 2.05) is 30.3 Å². The van der Waals surface area contributed by atoms with Crippen molar-refractivity contribution >= 4 is 35.7 Å². The molecule has 2 saturated heterocycles. The maximum Gasteiger partial charge on any atom is 0.413 e. The summed E-state index contributed by atoms with van der Waals surface area (Å²) in [5.41, 5.74) is 2.86. The Labute approximate surface area is 157 Å². The van der Waals surface area contributed by atoms with E-state index in [4.69, 9.17) is 0 Å². The van der Waals surface area contributed by atoms with Crippen LogP contribution in [-0.4, -0.2) is 47.3 Å². The summed E-state index contributed by atoms with van der Waals surface area (Å²) in [7, 11) is 0. The molecule has 4 rings (SSSR count). The van der Waals surface area contributed by atoms with Gasteiger partial charge < -0.3 is 10.0 Å². The molecule has 0 saturated carbocycles. The highest BCUT2D eigenvalue weighted by molar-refractivity contribution is 7.13. The molecule has 7 heteroatoms. The van der Waals surface area contributed by atoms with E-state index in [9.17, 15) is 9.90 Å². The smallest absolute Gasteiger partial charge is 0.413 e. The summed E-state index contributed by atoms with van der Waals surface area (Å²) in [6.07, 6.45) is 2.45. The molecule has 0 radical (unpaired) electrons. The molecule has 1 amide bonds. The largest absolute Gasteiger partial charge is 0.465 e. The van der Waals surface area contributed by atoms with Crippen molar-refractivity contribution in [1.29, 1.82) is 0 Å². The fourth-order valence-corrected chi connectivity index (χ4v) is 4.89. The number of halogens is 1. The van der Waals surface area contributed by atoms with Gasteiger partial charge in [0.25, 0.3) is 0 Å². The number of rotatable bonds is 4. The Balaban J connectivity index is 0.00000182. The molecule has 2 atom stereocenters. The first-order chi connectivity index (χ1) is 11.7. The predicted octanol–water partition coefficient (Wildman–Crippen LogP) is 4.20. The molecular formula is C18H22ClN3O2S. The van der Waals surface area contributed by atoms with Crippen LogP contribution in [0.15, 0.2) is 35.8 Å². The van der Waals surface area contributed by atoms with E-state index in [2.05, 4.69) is 9.88 Å². The number of hydrogen-bond acceptors (Lipinski definition) is 4. The van der Waals surface area contributed by atoms with Crippen molar-refractivity contribution in [1.82, 2.24) is 9.88 Å². The lowest BCUT2D eigenvalue weighted by Crippen LogP contribution is -2.45.